The number of carboxylic acid groups (broad SMARTS) is 1. The standard InChI is InChI=1S/C20H24N2O4/c1-14(12-15-8-4-7-11-18(15)26-3)22(2)20(25)16-9-5-6-10-17(16)21-13-19(23)24/h4-11,14,21H,12-13H2,1-3H3,(H,23,24)/t14-/m0/s1. The fourth-order valence-electron chi connectivity index (χ4n) is 2.71. The number of anilines is 1. The third kappa shape index (κ3) is 4.75. The number of nitrogens with one attached hydrogen (secondary N) is 1. The predicted octanol–water partition coefficient (Wildman–Crippen LogP) is 2.89. The minimum absolute atomic E-state index is 0.0636. The zero-order valence-electron chi connectivity index (χ0n) is 15.2. The van der Waals surface area contributed by atoms with E-state index >= 15 is 0 Å². The zero-order valence-corrected chi connectivity index (χ0v) is 15.2. The number of amides is 1. The first-order valence-corrected chi connectivity index (χ1v) is 8.37. The second kappa shape index (κ2) is 8.89. The van der Waals surface area contributed by atoms with Crippen LogP contribution in [0, 0.1) is 0 Å². The van der Waals surface area contributed by atoms with E-state index in [4.69, 9.17) is 9.84 Å². The molecule has 0 spiro atoms. The Labute approximate surface area is 153 Å². The SMILES string of the molecule is COc1ccccc1C[C@H](C)N(C)C(=O)c1ccccc1NCC(=O)O. The molecule has 6 nitrogen and oxygen atoms in total. The van der Waals surface area contributed by atoms with Crippen molar-refractivity contribution in [3.8, 4) is 5.75 Å². The van der Waals surface area contributed by atoms with Crippen LogP contribution in [0.5, 0.6) is 5.75 Å². The van der Waals surface area contributed by atoms with Gasteiger partial charge in [-0.25, -0.2) is 0 Å². The van der Waals surface area contributed by atoms with Crippen molar-refractivity contribution in [1.29, 1.82) is 0 Å². The molecular formula is C20H24N2O4. The normalized spacial score (nSPS) is 11.5. The minimum atomic E-state index is -0.981. The summed E-state index contributed by atoms with van der Waals surface area (Å²) < 4.78 is 5.38. The van der Waals surface area contributed by atoms with Crippen LogP contribution in [-0.4, -0.2) is 48.6 Å². The Morgan fingerprint density at radius 3 is 2.50 bits per heavy atom. The number of rotatable bonds is 8. The summed E-state index contributed by atoms with van der Waals surface area (Å²) in [5.74, 6) is -0.352. The van der Waals surface area contributed by atoms with Gasteiger partial charge in [-0.15, -0.1) is 0 Å². The fourth-order valence-corrected chi connectivity index (χ4v) is 2.71. The van der Waals surface area contributed by atoms with E-state index in [-0.39, 0.29) is 18.5 Å². The van der Waals surface area contributed by atoms with Crippen molar-refractivity contribution in [3.05, 3.63) is 59.7 Å². The van der Waals surface area contributed by atoms with Crippen molar-refractivity contribution in [2.45, 2.75) is 19.4 Å². The third-order valence-corrected chi connectivity index (χ3v) is 4.28. The molecule has 0 fully saturated rings. The molecule has 6 heteroatoms. The molecule has 0 aliphatic heterocycles. The van der Waals surface area contributed by atoms with E-state index in [2.05, 4.69) is 5.32 Å². The highest BCUT2D eigenvalue weighted by atomic mass is 16.5. The summed E-state index contributed by atoms with van der Waals surface area (Å²) in [5.41, 5.74) is 1.99. The van der Waals surface area contributed by atoms with E-state index < -0.39 is 5.97 Å². The number of hydrogen-bond acceptors (Lipinski definition) is 4. The topological polar surface area (TPSA) is 78.9 Å². The summed E-state index contributed by atoms with van der Waals surface area (Å²) in [6.07, 6.45) is 0.650. The van der Waals surface area contributed by atoms with Crippen LogP contribution < -0.4 is 10.1 Å². The number of carbonyl (C=O) groups is 2. The molecule has 0 saturated carbocycles. The fraction of sp³-hybridized carbons (Fsp3) is 0.300. The molecule has 0 unspecified atom stereocenters. The lowest BCUT2D eigenvalue weighted by Crippen LogP contribution is -2.37. The average molecular weight is 356 g/mol. The van der Waals surface area contributed by atoms with Gasteiger partial charge >= 0.3 is 5.97 Å². The molecule has 0 bridgehead atoms. The number of ether oxygens (including phenoxy) is 1. The summed E-state index contributed by atoms with van der Waals surface area (Å²) in [6.45, 7) is 1.72. The molecule has 2 aromatic carbocycles. The number of hydrogen-bond donors (Lipinski definition) is 2. The summed E-state index contributed by atoms with van der Waals surface area (Å²) >= 11 is 0. The molecule has 0 heterocycles. The Kier molecular flexibility index (Phi) is 6.60. The zero-order chi connectivity index (χ0) is 19.1. The molecule has 0 aliphatic carbocycles. The first kappa shape index (κ1) is 19.3. The highest BCUT2D eigenvalue weighted by Gasteiger charge is 2.21. The Morgan fingerprint density at radius 1 is 1.15 bits per heavy atom. The van der Waals surface area contributed by atoms with Crippen LogP contribution in [0.3, 0.4) is 0 Å². The lowest BCUT2D eigenvalue weighted by Gasteiger charge is -2.26. The largest absolute Gasteiger partial charge is 0.496 e. The summed E-state index contributed by atoms with van der Waals surface area (Å²) in [4.78, 5) is 25.4. The van der Waals surface area contributed by atoms with Gasteiger partial charge in [0.25, 0.3) is 5.91 Å². The third-order valence-electron chi connectivity index (χ3n) is 4.28. The van der Waals surface area contributed by atoms with Crippen LogP contribution in [0.2, 0.25) is 0 Å². The van der Waals surface area contributed by atoms with Gasteiger partial charge in [-0.2, -0.15) is 0 Å². The lowest BCUT2D eigenvalue weighted by molar-refractivity contribution is -0.134. The molecule has 2 rings (SSSR count). The van der Waals surface area contributed by atoms with Gasteiger partial charge in [0, 0.05) is 18.8 Å². The van der Waals surface area contributed by atoms with Crippen molar-refractivity contribution >= 4 is 17.6 Å². The van der Waals surface area contributed by atoms with Gasteiger partial charge in [0.15, 0.2) is 0 Å². The maximum absolute atomic E-state index is 12.9. The molecule has 1 amide bonds. The van der Waals surface area contributed by atoms with Gasteiger partial charge in [0.1, 0.15) is 12.3 Å². The number of benzene rings is 2. The Bertz CT molecular complexity index is 776. The first-order chi connectivity index (χ1) is 12.4. The van der Waals surface area contributed by atoms with Crippen molar-refractivity contribution in [3.63, 3.8) is 0 Å². The average Bonchev–Trinajstić information content (AvgIpc) is 2.65. The van der Waals surface area contributed by atoms with Gasteiger partial charge in [-0.3, -0.25) is 9.59 Å². The van der Waals surface area contributed by atoms with Gasteiger partial charge in [0.2, 0.25) is 0 Å². The number of para-hydroxylation sites is 2. The number of carbonyl (C=O) groups excluding carboxylic acids is 1. The van der Waals surface area contributed by atoms with Crippen molar-refractivity contribution < 1.29 is 19.4 Å². The van der Waals surface area contributed by atoms with E-state index in [9.17, 15) is 9.59 Å². The van der Waals surface area contributed by atoms with Gasteiger partial charge in [0.05, 0.1) is 12.7 Å². The molecule has 2 aromatic rings. The molecule has 0 radical (unpaired) electrons. The number of carboxylic acids is 1. The van der Waals surface area contributed by atoms with E-state index in [1.165, 1.54) is 0 Å². The smallest absolute Gasteiger partial charge is 0.322 e. The molecule has 2 N–H and O–H groups in total. The highest BCUT2D eigenvalue weighted by molar-refractivity contribution is 6.00. The predicted molar refractivity (Wildman–Crippen MR) is 101 cm³/mol. The Hall–Kier alpha value is -3.02. The summed E-state index contributed by atoms with van der Waals surface area (Å²) in [5, 5.41) is 11.6. The maximum Gasteiger partial charge on any atom is 0.322 e. The maximum atomic E-state index is 12.9. The molecule has 26 heavy (non-hydrogen) atoms. The molecule has 138 valence electrons. The number of aliphatic carboxylic acids is 1. The van der Waals surface area contributed by atoms with Crippen molar-refractivity contribution in [1.82, 2.24) is 4.90 Å². The Morgan fingerprint density at radius 2 is 1.81 bits per heavy atom. The van der Waals surface area contributed by atoms with E-state index in [0.717, 1.165) is 11.3 Å². The van der Waals surface area contributed by atoms with Crippen LogP contribution >= 0.6 is 0 Å². The van der Waals surface area contributed by atoms with Gasteiger partial charge < -0.3 is 20.1 Å². The summed E-state index contributed by atoms with van der Waals surface area (Å²) in [6, 6.07) is 14.6. The van der Waals surface area contributed by atoms with Gasteiger partial charge in [-0.05, 0) is 37.1 Å². The molecule has 1 atom stereocenters. The molecular weight excluding hydrogens is 332 g/mol. The number of methoxy groups -OCH3 is 1. The van der Waals surface area contributed by atoms with Crippen LogP contribution in [-0.2, 0) is 11.2 Å². The second-order valence-electron chi connectivity index (χ2n) is 6.07. The monoisotopic (exact) mass is 356 g/mol. The molecule has 0 aromatic heterocycles. The quantitative estimate of drug-likeness (QED) is 0.760. The summed E-state index contributed by atoms with van der Waals surface area (Å²) in [7, 11) is 3.37. The van der Waals surface area contributed by atoms with Crippen molar-refractivity contribution in [2.75, 3.05) is 26.0 Å². The minimum Gasteiger partial charge on any atom is -0.496 e. The highest BCUT2D eigenvalue weighted by Crippen LogP contribution is 2.22. The van der Waals surface area contributed by atoms with E-state index in [1.807, 2.05) is 31.2 Å². The van der Waals surface area contributed by atoms with Crippen LogP contribution in [0.15, 0.2) is 48.5 Å². The molecule has 0 saturated heterocycles. The number of nitrogens with zero attached hydrogens (tertiary/aromatic N) is 1. The lowest BCUT2D eigenvalue weighted by atomic mass is 10.0. The van der Waals surface area contributed by atoms with Gasteiger partial charge in [-0.1, -0.05) is 30.3 Å². The van der Waals surface area contributed by atoms with Crippen LogP contribution in [0.1, 0.15) is 22.8 Å². The van der Waals surface area contributed by atoms with Crippen LogP contribution in [0.25, 0.3) is 0 Å². The Balaban J connectivity index is 2.15. The van der Waals surface area contributed by atoms with E-state index in [1.54, 1.807) is 43.3 Å². The van der Waals surface area contributed by atoms with Crippen LogP contribution in [0.4, 0.5) is 5.69 Å². The van der Waals surface area contributed by atoms with Crippen molar-refractivity contribution in [2.24, 2.45) is 0 Å². The second-order valence-corrected chi connectivity index (χ2v) is 6.07. The first-order valence-electron chi connectivity index (χ1n) is 8.37. The molecule has 0 aliphatic rings. The van der Waals surface area contributed by atoms with E-state index in [0.29, 0.717) is 17.7 Å². The number of likely N-dealkylation sites (N-methyl/N-ethyl adjacent to an activating group) is 1.